The number of alkyl halides is 3. The molecule has 2 aromatic rings. The number of thiophene rings is 1. The molecule has 138 valence electrons. The van der Waals surface area contributed by atoms with Crippen molar-refractivity contribution >= 4 is 38.9 Å². The zero-order valence-corrected chi connectivity index (χ0v) is 14.3. The molecule has 26 heavy (non-hydrogen) atoms. The number of aromatic nitrogens is 1. The summed E-state index contributed by atoms with van der Waals surface area (Å²) in [5.41, 5.74) is 0.134. The Kier molecular flexibility index (Phi) is 4.11. The molecule has 0 spiro atoms. The van der Waals surface area contributed by atoms with Gasteiger partial charge >= 0.3 is 12.1 Å². The van der Waals surface area contributed by atoms with Gasteiger partial charge in [0.1, 0.15) is 5.69 Å². The molecule has 6 nitrogen and oxygen atoms in total. The smallest absolute Gasteiger partial charge is 0.335 e. The zero-order valence-electron chi connectivity index (χ0n) is 13.5. The summed E-state index contributed by atoms with van der Waals surface area (Å²) < 4.78 is 38.0. The molecule has 2 fully saturated rings. The first-order chi connectivity index (χ1) is 12.3. The fourth-order valence-electron chi connectivity index (χ4n) is 3.53. The van der Waals surface area contributed by atoms with Crippen LogP contribution in [-0.4, -0.2) is 47.1 Å². The second-order valence-corrected chi connectivity index (χ2v) is 7.45. The van der Waals surface area contributed by atoms with Crippen LogP contribution in [-0.2, 0) is 4.79 Å². The summed E-state index contributed by atoms with van der Waals surface area (Å²) >= 11 is 1.15. The van der Waals surface area contributed by atoms with Crippen LogP contribution < -0.4 is 10.6 Å². The highest BCUT2D eigenvalue weighted by molar-refractivity contribution is 7.17. The molecule has 0 radical (unpaired) electrons. The number of amides is 2. The number of nitrogens with zero attached hydrogens (tertiary/aromatic N) is 2. The first kappa shape index (κ1) is 17.2. The molecule has 2 amide bonds. The number of anilines is 1. The highest BCUT2D eigenvalue weighted by Crippen LogP contribution is 2.33. The van der Waals surface area contributed by atoms with E-state index >= 15 is 0 Å². The van der Waals surface area contributed by atoms with Gasteiger partial charge in [-0.1, -0.05) is 0 Å². The normalized spacial score (nSPS) is 24.8. The molecule has 2 aliphatic heterocycles. The SMILES string of the molecule is O=C(NC1CC2CCN1C2)c1cc2c(NC(=O)C(F)(F)F)csc2cn1. The Morgan fingerprint density at radius 3 is 2.81 bits per heavy atom. The third kappa shape index (κ3) is 3.14. The van der Waals surface area contributed by atoms with Crippen LogP contribution in [0.4, 0.5) is 18.9 Å². The van der Waals surface area contributed by atoms with E-state index in [9.17, 15) is 22.8 Å². The summed E-state index contributed by atoms with van der Waals surface area (Å²) in [6, 6.07) is 1.41. The van der Waals surface area contributed by atoms with E-state index in [1.54, 1.807) is 0 Å². The zero-order chi connectivity index (χ0) is 18.5. The number of fused-ring (bicyclic) bond motifs is 3. The second kappa shape index (κ2) is 6.20. The molecule has 2 N–H and O–H groups in total. The molecular formula is C16H15F3N4O2S. The predicted octanol–water partition coefficient (Wildman–Crippen LogP) is 2.58. The lowest BCUT2D eigenvalue weighted by molar-refractivity contribution is -0.167. The van der Waals surface area contributed by atoms with Crippen LogP contribution in [0.25, 0.3) is 10.1 Å². The third-order valence-corrected chi connectivity index (χ3v) is 5.74. The van der Waals surface area contributed by atoms with Crippen LogP contribution >= 0.6 is 11.3 Å². The largest absolute Gasteiger partial charge is 0.471 e. The van der Waals surface area contributed by atoms with Crippen molar-refractivity contribution in [1.29, 1.82) is 0 Å². The van der Waals surface area contributed by atoms with Gasteiger partial charge in [0.25, 0.3) is 5.91 Å². The number of hydrogen-bond acceptors (Lipinski definition) is 5. The van der Waals surface area contributed by atoms with E-state index in [4.69, 9.17) is 0 Å². The number of pyridine rings is 1. The van der Waals surface area contributed by atoms with Gasteiger partial charge in [0.05, 0.1) is 16.6 Å². The van der Waals surface area contributed by atoms with Crippen LogP contribution in [0.1, 0.15) is 23.3 Å². The molecule has 3 unspecified atom stereocenters. The Hall–Kier alpha value is -2.20. The summed E-state index contributed by atoms with van der Waals surface area (Å²) in [4.78, 5) is 29.9. The minimum atomic E-state index is -4.97. The summed E-state index contributed by atoms with van der Waals surface area (Å²) in [5.74, 6) is -1.81. The highest BCUT2D eigenvalue weighted by atomic mass is 32.1. The molecule has 4 heterocycles. The molecule has 2 saturated heterocycles. The van der Waals surface area contributed by atoms with Crippen LogP contribution in [0, 0.1) is 5.92 Å². The van der Waals surface area contributed by atoms with Crippen LogP contribution in [0.2, 0.25) is 0 Å². The Bertz CT molecular complexity index is 882. The van der Waals surface area contributed by atoms with Gasteiger partial charge in [0, 0.05) is 30.1 Å². The number of rotatable bonds is 3. The predicted molar refractivity (Wildman–Crippen MR) is 89.9 cm³/mol. The lowest BCUT2D eigenvalue weighted by atomic mass is 10.0. The highest BCUT2D eigenvalue weighted by Gasteiger charge is 2.39. The molecule has 0 aliphatic carbocycles. The minimum Gasteiger partial charge on any atom is -0.335 e. The summed E-state index contributed by atoms with van der Waals surface area (Å²) in [6.45, 7) is 1.94. The van der Waals surface area contributed by atoms with Gasteiger partial charge in [0.2, 0.25) is 0 Å². The molecule has 10 heteroatoms. The molecule has 2 aliphatic rings. The maximum absolute atomic E-state index is 12.5. The molecule has 2 bridgehead atoms. The van der Waals surface area contributed by atoms with E-state index in [0.29, 0.717) is 16.0 Å². The van der Waals surface area contributed by atoms with E-state index in [1.807, 2.05) is 5.32 Å². The van der Waals surface area contributed by atoms with Crippen LogP contribution in [0.3, 0.4) is 0 Å². The Balaban J connectivity index is 1.54. The number of piperidine rings is 1. The minimum absolute atomic E-state index is 0.0208. The van der Waals surface area contributed by atoms with Gasteiger partial charge < -0.3 is 10.6 Å². The standard InChI is InChI=1S/C16H15F3N4O2S/c17-16(18,19)15(25)21-11-7-26-12-5-20-10(4-9(11)12)14(24)22-13-3-8-1-2-23(13)6-8/h4-5,7-8,13H,1-3,6H2,(H,21,25)(H,22,24). The van der Waals surface area contributed by atoms with Gasteiger partial charge in [-0.3, -0.25) is 14.5 Å². The van der Waals surface area contributed by atoms with Crippen molar-refractivity contribution in [3.63, 3.8) is 0 Å². The topological polar surface area (TPSA) is 74.3 Å². The quantitative estimate of drug-likeness (QED) is 0.853. The van der Waals surface area contributed by atoms with E-state index in [-0.39, 0.29) is 23.5 Å². The van der Waals surface area contributed by atoms with Crippen molar-refractivity contribution in [3.05, 3.63) is 23.3 Å². The second-order valence-electron chi connectivity index (χ2n) is 6.54. The lowest BCUT2D eigenvalue weighted by Gasteiger charge is -2.25. The van der Waals surface area contributed by atoms with Gasteiger partial charge in [-0.25, -0.2) is 4.98 Å². The van der Waals surface area contributed by atoms with E-state index in [2.05, 4.69) is 15.2 Å². The fourth-order valence-corrected chi connectivity index (χ4v) is 4.37. The lowest BCUT2D eigenvalue weighted by Crippen LogP contribution is -2.45. The van der Waals surface area contributed by atoms with E-state index in [1.165, 1.54) is 17.6 Å². The van der Waals surface area contributed by atoms with Crippen molar-refractivity contribution in [2.75, 3.05) is 18.4 Å². The fraction of sp³-hybridized carbons (Fsp3) is 0.438. The first-order valence-electron chi connectivity index (χ1n) is 8.11. The maximum Gasteiger partial charge on any atom is 0.471 e. The summed E-state index contributed by atoms with van der Waals surface area (Å²) in [7, 11) is 0. The van der Waals surface area contributed by atoms with E-state index in [0.717, 1.165) is 37.3 Å². The molecular weight excluding hydrogens is 369 g/mol. The van der Waals surface area contributed by atoms with Crippen LogP contribution in [0.5, 0.6) is 0 Å². The van der Waals surface area contributed by atoms with Gasteiger partial charge in [-0.05, 0) is 24.8 Å². The Morgan fingerprint density at radius 2 is 2.15 bits per heavy atom. The van der Waals surface area contributed by atoms with Gasteiger partial charge in [0.15, 0.2) is 0 Å². The van der Waals surface area contributed by atoms with Crippen LogP contribution in [0.15, 0.2) is 17.6 Å². The molecule has 0 saturated carbocycles. The Labute approximate surface area is 150 Å². The van der Waals surface area contributed by atoms with Crippen molar-refractivity contribution in [2.24, 2.45) is 5.92 Å². The molecule has 4 rings (SSSR count). The summed E-state index contributed by atoms with van der Waals surface area (Å²) in [6.07, 6.45) is -1.52. The number of hydrogen-bond donors (Lipinski definition) is 2. The molecule has 2 aromatic heterocycles. The summed E-state index contributed by atoms with van der Waals surface area (Å²) in [5, 5.41) is 6.54. The molecule has 3 atom stereocenters. The number of carbonyl (C=O) groups is 2. The van der Waals surface area contributed by atoms with Gasteiger partial charge in [-0.15, -0.1) is 11.3 Å². The van der Waals surface area contributed by atoms with Crippen molar-refractivity contribution in [1.82, 2.24) is 15.2 Å². The number of nitrogens with one attached hydrogen (secondary N) is 2. The van der Waals surface area contributed by atoms with Crippen molar-refractivity contribution in [3.8, 4) is 0 Å². The van der Waals surface area contributed by atoms with E-state index < -0.39 is 12.1 Å². The van der Waals surface area contributed by atoms with Gasteiger partial charge in [-0.2, -0.15) is 13.2 Å². The first-order valence-corrected chi connectivity index (χ1v) is 8.99. The monoisotopic (exact) mass is 384 g/mol. The van der Waals surface area contributed by atoms with Crippen molar-refractivity contribution in [2.45, 2.75) is 25.2 Å². The third-order valence-electron chi connectivity index (χ3n) is 4.81. The Morgan fingerprint density at radius 1 is 1.35 bits per heavy atom. The van der Waals surface area contributed by atoms with Crippen molar-refractivity contribution < 1.29 is 22.8 Å². The number of halogens is 3. The molecule has 0 aromatic carbocycles. The average Bonchev–Trinajstić information content (AvgIpc) is 3.29. The maximum atomic E-state index is 12.5. The number of carbonyl (C=O) groups excluding carboxylic acids is 2. The average molecular weight is 384 g/mol.